The van der Waals surface area contributed by atoms with Crippen LogP contribution in [0.3, 0.4) is 0 Å². The fourth-order valence-electron chi connectivity index (χ4n) is 2.16. The van der Waals surface area contributed by atoms with E-state index in [0.717, 1.165) is 11.3 Å². The Hall–Kier alpha value is -3.10. The van der Waals surface area contributed by atoms with Crippen LogP contribution in [0.5, 0.6) is 5.75 Å². The van der Waals surface area contributed by atoms with Crippen LogP contribution in [0.25, 0.3) is 5.13 Å². The summed E-state index contributed by atoms with van der Waals surface area (Å²) in [5.41, 5.74) is -0.819. The number of carbonyl (C=O) groups is 2. The monoisotopic (exact) mass is 528 g/mol. The molecule has 0 spiro atoms. The topological polar surface area (TPSA) is 150 Å². The van der Waals surface area contributed by atoms with Gasteiger partial charge in [0, 0.05) is 26.2 Å². The van der Waals surface area contributed by atoms with Crippen LogP contribution in [0.15, 0.2) is 32.0 Å². The molecular formula is C18H21BrN6O6S. The molecule has 0 saturated carbocycles. The standard InChI is InChI=1S/C16H15BrN6O6S.C2H6/c1-8(24)19-11-3-4-18-23(11)16-22-21-15(30-16)20-13(25)10-7-9(17)12(14(26)29-10)28-6-5-27-2;1-2/h3-4,7H,5-6H2,1-2H3,(H,19,24)(H,20,21,25);1-2H3. The van der Waals surface area contributed by atoms with Crippen molar-refractivity contribution in [2.45, 2.75) is 20.8 Å². The Morgan fingerprint density at radius 2 is 2.00 bits per heavy atom. The molecule has 0 saturated heterocycles. The highest BCUT2D eigenvalue weighted by Gasteiger charge is 2.19. The normalized spacial score (nSPS) is 10.2. The minimum Gasteiger partial charge on any atom is -0.483 e. The average molecular weight is 529 g/mol. The zero-order chi connectivity index (χ0) is 23.7. The second-order valence-corrected chi connectivity index (χ2v) is 7.38. The molecule has 3 aromatic heterocycles. The molecule has 32 heavy (non-hydrogen) atoms. The maximum Gasteiger partial charge on any atom is 0.380 e. The molecule has 14 heteroatoms. The lowest BCUT2D eigenvalue weighted by Gasteiger charge is -2.07. The molecule has 0 aliphatic heterocycles. The van der Waals surface area contributed by atoms with Crippen molar-refractivity contribution in [3.8, 4) is 10.9 Å². The number of rotatable bonds is 8. The molecule has 172 valence electrons. The second kappa shape index (κ2) is 12.1. The molecule has 0 atom stereocenters. The van der Waals surface area contributed by atoms with Crippen molar-refractivity contribution in [1.82, 2.24) is 20.0 Å². The van der Waals surface area contributed by atoms with Gasteiger partial charge in [0.25, 0.3) is 5.91 Å². The van der Waals surface area contributed by atoms with Crippen LogP contribution >= 0.6 is 27.3 Å². The first kappa shape index (κ1) is 25.2. The number of carbonyl (C=O) groups excluding carboxylic acids is 2. The Balaban J connectivity index is 0.00000176. The van der Waals surface area contributed by atoms with Crippen LogP contribution < -0.4 is 21.0 Å². The maximum absolute atomic E-state index is 12.4. The molecule has 0 aromatic carbocycles. The summed E-state index contributed by atoms with van der Waals surface area (Å²) >= 11 is 4.19. The van der Waals surface area contributed by atoms with Crippen molar-refractivity contribution < 1.29 is 23.5 Å². The van der Waals surface area contributed by atoms with Gasteiger partial charge in [-0.25, -0.2) is 4.79 Å². The Morgan fingerprint density at radius 1 is 1.25 bits per heavy atom. The van der Waals surface area contributed by atoms with Gasteiger partial charge in [0.15, 0.2) is 5.76 Å². The van der Waals surface area contributed by atoms with E-state index >= 15 is 0 Å². The highest BCUT2D eigenvalue weighted by molar-refractivity contribution is 9.10. The van der Waals surface area contributed by atoms with E-state index in [1.807, 2.05) is 13.8 Å². The summed E-state index contributed by atoms with van der Waals surface area (Å²) in [5, 5.41) is 17.4. The first-order chi connectivity index (χ1) is 15.4. The van der Waals surface area contributed by atoms with Gasteiger partial charge in [-0.15, -0.1) is 10.2 Å². The molecule has 0 bridgehead atoms. The summed E-state index contributed by atoms with van der Waals surface area (Å²) in [4.78, 5) is 35.8. The number of halogens is 1. The van der Waals surface area contributed by atoms with Crippen LogP contribution in [0, 0.1) is 0 Å². The lowest BCUT2D eigenvalue weighted by molar-refractivity contribution is -0.114. The van der Waals surface area contributed by atoms with Gasteiger partial charge in [-0.1, -0.05) is 25.2 Å². The first-order valence-corrected chi connectivity index (χ1v) is 10.9. The maximum atomic E-state index is 12.4. The molecule has 0 aliphatic carbocycles. The summed E-state index contributed by atoms with van der Waals surface area (Å²) in [6, 6.07) is 2.90. The van der Waals surface area contributed by atoms with E-state index in [1.54, 1.807) is 6.07 Å². The van der Waals surface area contributed by atoms with Crippen molar-refractivity contribution in [1.29, 1.82) is 0 Å². The molecular weight excluding hydrogens is 508 g/mol. The molecule has 0 unspecified atom stereocenters. The van der Waals surface area contributed by atoms with Crippen molar-refractivity contribution in [2.24, 2.45) is 0 Å². The summed E-state index contributed by atoms with van der Waals surface area (Å²) in [6.07, 6.45) is 1.48. The quantitative estimate of drug-likeness (QED) is 0.420. The number of methoxy groups -OCH3 is 1. The van der Waals surface area contributed by atoms with Crippen LogP contribution in [0.4, 0.5) is 10.9 Å². The minimum absolute atomic E-state index is 0.0639. The fraction of sp³-hybridized carbons (Fsp3) is 0.333. The fourth-order valence-corrected chi connectivity index (χ4v) is 3.36. The molecule has 3 heterocycles. The van der Waals surface area contributed by atoms with Gasteiger partial charge >= 0.3 is 5.63 Å². The van der Waals surface area contributed by atoms with E-state index in [1.165, 1.54) is 31.0 Å². The van der Waals surface area contributed by atoms with Gasteiger partial charge in [0.1, 0.15) is 12.4 Å². The molecule has 3 rings (SSSR count). The van der Waals surface area contributed by atoms with Crippen molar-refractivity contribution >= 4 is 50.0 Å². The van der Waals surface area contributed by atoms with E-state index in [-0.39, 0.29) is 40.2 Å². The van der Waals surface area contributed by atoms with Crippen molar-refractivity contribution in [3.05, 3.63) is 39.0 Å². The van der Waals surface area contributed by atoms with E-state index in [2.05, 4.69) is 41.9 Å². The molecule has 2 amide bonds. The average Bonchev–Trinajstić information content (AvgIpc) is 3.40. The molecule has 2 N–H and O–H groups in total. The highest BCUT2D eigenvalue weighted by Crippen LogP contribution is 2.25. The number of ether oxygens (including phenoxy) is 2. The van der Waals surface area contributed by atoms with E-state index < -0.39 is 11.5 Å². The molecule has 12 nitrogen and oxygen atoms in total. The largest absolute Gasteiger partial charge is 0.483 e. The highest BCUT2D eigenvalue weighted by atomic mass is 79.9. The zero-order valence-corrected chi connectivity index (χ0v) is 20.1. The van der Waals surface area contributed by atoms with E-state index in [0.29, 0.717) is 10.9 Å². The number of nitrogens with one attached hydrogen (secondary N) is 2. The van der Waals surface area contributed by atoms with Crippen molar-refractivity contribution in [2.75, 3.05) is 31.0 Å². The molecule has 0 radical (unpaired) electrons. The number of hydrogen-bond donors (Lipinski definition) is 2. The Morgan fingerprint density at radius 3 is 2.66 bits per heavy atom. The third-order valence-electron chi connectivity index (χ3n) is 3.38. The Kier molecular flexibility index (Phi) is 9.49. The van der Waals surface area contributed by atoms with Gasteiger partial charge in [0.05, 0.1) is 17.3 Å². The summed E-state index contributed by atoms with van der Waals surface area (Å²) in [5.74, 6) is -0.895. The number of hydrogen-bond acceptors (Lipinski definition) is 10. The smallest absolute Gasteiger partial charge is 0.380 e. The lowest BCUT2D eigenvalue weighted by atomic mass is 10.3. The van der Waals surface area contributed by atoms with Gasteiger partial charge in [-0.3, -0.25) is 14.9 Å². The molecule has 0 aliphatic rings. The number of anilines is 2. The Bertz CT molecular complexity index is 1130. The van der Waals surface area contributed by atoms with Gasteiger partial charge in [-0.05, 0) is 15.9 Å². The Labute approximate surface area is 195 Å². The molecule has 3 aromatic rings. The van der Waals surface area contributed by atoms with Crippen LogP contribution in [-0.4, -0.2) is 52.1 Å². The minimum atomic E-state index is -0.819. The van der Waals surface area contributed by atoms with Crippen LogP contribution in [0.2, 0.25) is 0 Å². The van der Waals surface area contributed by atoms with Gasteiger partial charge in [0.2, 0.25) is 21.9 Å². The second-order valence-electron chi connectivity index (χ2n) is 5.57. The third kappa shape index (κ3) is 6.45. The zero-order valence-electron chi connectivity index (χ0n) is 17.7. The number of aromatic nitrogens is 4. The summed E-state index contributed by atoms with van der Waals surface area (Å²) in [6.45, 7) is 5.79. The SMILES string of the molecule is CC.COCCOc1c(Br)cc(C(=O)Nc2nnc(-n3nccc3NC(C)=O)s2)oc1=O. The number of nitrogens with zero attached hydrogens (tertiary/aromatic N) is 4. The third-order valence-corrected chi connectivity index (χ3v) is 4.79. The first-order valence-electron chi connectivity index (χ1n) is 9.31. The predicted molar refractivity (Wildman–Crippen MR) is 121 cm³/mol. The summed E-state index contributed by atoms with van der Waals surface area (Å²) in [7, 11) is 1.50. The van der Waals surface area contributed by atoms with Crippen LogP contribution in [0.1, 0.15) is 31.3 Å². The van der Waals surface area contributed by atoms with E-state index in [9.17, 15) is 14.4 Å². The predicted octanol–water partition coefficient (Wildman–Crippen LogP) is 2.70. The number of amides is 2. The lowest BCUT2D eigenvalue weighted by Crippen LogP contribution is -2.17. The summed E-state index contributed by atoms with van der Waals surface area (Å²) < 4.78 is 16.8. The van der Waals surface area contributed by atoms with Crippen molar-refractivity contribution in [3.63, 3.8) is 0 Å². The molecule has 0 fully saturated rings. The van der Waals surface area contributed by atoms with Gasteiger partial charge < -0.3 is 19.2 Å². The van der Waals surface area contributed by atoms with E-state index in [4.69, 9.17) is 13.9 Å². The van der Waals surface area contributed by atoms with Gasteiger partial charge in [-0.2, -0.15) is 9.78 Å². The van der Waals surface area contributed by atoms with Crippen LogP contribution in [-0.2, 0) is 9.53 Å².